The van der Waals surface area contributed by atoms with E-state index in [1.165, 1.54) is 17.7 Å². The summed E-state index contributed by atoms with van der Waals surface area (Å²) < 4.78 is 23.7. The quantitative estimate of drug-likeness (QED) is 0.542. The van der Waals surface area contributed by atoms with Crippen molar-refractivity contribution in [3.63, 3.8) is 0 Å². The average molecular weight is 401 g/mol. The van der Waals surface area contributed by atoms with Gasteiger partial charge in [0.1, 0.15) is 0 Å². The highest BCUT2D eigenvalue weighted by atomic mass is 32.2. The Labute approximate surface area is 162 Å². The van der Waals surface area contributed by atoms with Crippen LogP contribution in [0.25, 0.3) is 0 Å². The Morgan fingerprint density at radius 2 is 2.00 bits per heavy atom. The second kappa shape index (κ2) is 9.19. The zero-order chi connectivity index (χ0) is 19.2. The molecule has 6 nitrogen and oxygen atoms in total. The first-order valence-electron chi connectivity index (χ1n) is 9.19. The van der Waals surface area contributed by atoms with Crippen molar-refractivity contribution >= 4 is 27.1 Å². The van der Waals surface area contributed by atoms with Crippen LogP contribution in [0, 0.1) is 0 Å². The number of nitrogens with one attached hydrogen (secondary N) is 2. The van der Waals surface area contributed by atoms with E-state index in [1.807, 2.05) is 0 Å². The van der Waals surface area contributed by atoms with Gasteiger partial charge in [-0.3, -0.25) is 9.89 Å². The Balaban J connectivity index is 1.88. The summed E-state index contributed by atoms with van der Waals surface area (Å²) >= 11 is 1.78. The summed E-state index contributed by atoms with van der Waals surface area (Å²) in [6, 6.07) is 4.60. The summed E-state index contributed by atoms with van der Waals surface area (Å²) in [5, 5.41) is 8.62. The highest BCUT2D eigenvalue weighted by molar-refractivity contribution is 7.92. The zero-order valence-corrected chi connectivity index (χ0v) is 17.9. The van der Waals surface area contributed by atoms with E-state index >= 15 is 0 Å². The molecule has 0 aliphatic carbocycles. The number of sulfone groups is 1. The average Bonchev–Trinajstić information content (AvgIpc) is 3.26. The molecule has 0 saturated carbocycles. The Morgan fingerprint density at radius 3 is 2.54 bits per heavy atom. The normalized spacial score (nSPS) is 18.1. The highest BCUT2D eigenvalue weighted by Gasteiger charge is 2.28. The molecule has 0 aromatic carbocycles. The van der Waals surface area contributed by atoms with E-state index in [-0.39, 0.29) is 5.75 Å². The lowest BCUT2D eigenvalue weighted by Crippen LogP contribution is -2.44. The maximum atomic E-state index is 12.2. The van der Waals surface area contributed by atoms with Crippen molar-refractivity contribution in [2.45, 2.75) is 44.4 Å². The van der Waals surface area contributed by atoms with Gasteiger partial charge in [0.2, 0.25) is 0 Å². The molecule has 2 rings (SSSR count). The fourth-order valence-electron chi connectivity index (χ4n) is 2.97. The number of thiophene rings is 1. The van der Waals surface area contributed by atoms with Gasteiger partial charge in [-0.1, -0.05) is 6.07 Å². The van der Waals surface area contributed by atoms with Crippen LogP contribution in [-0.4, -0.2) is 63.0 Å². The predicted molar refractivity (Wildman–Crippen MR) is 111 cm³/mol. The first-order chi connectivity index (χ1) is 12.2. The van der Waals surface area contributed by atoms with Gasteiger partial charge in [0.15, 0.2) is 15.8 Å². The fraction of sp³-hybridized carbons (Fsp3) is 0.722. The molecule has 148 valence electrons. The van der Waals surface area contributed by atoms with Crippen LogP contribution in [0.3, 0.4) is 0 Å². The molecule has 1 aromatic rings. The number of likely N-dealkylation sites (tertiary alicyclic amines) is 1. The van der Waals surface area contributed by atoms with Crippen LogP contribution < -0.4 is 10.6 Å². The van der Waals surface area contributed by atoms with Crippen molar-refractivity contribution in [1.82, 2.24) is 15.5 Å². The van der Waals surface area contributed by atoms with Crippen LogP contribution in [0.15, 0.2) is 22.5 Å². The molecule has 8 heteroatoms. The molecule has 0 amide bonds. The van der Waals surface area contributed by atoms with Crippen LogP contribution in [0.5, 0.6) is 0 Å². The van der Waals surface area contributed by atoms with Crippen molar-refractivity contribution in [3.8, 4) is 0 Å². The van der Waals surface area contributed by atoms with E-state index in [0.29, 0.717) is 18.5 Å². The SMILES string of the molecule is CN=C(NCCS(=O)(=O)C(C)(C)C)NCC(c1cccs1)N1CCCC1. The number of rotatable bonds is 7. The van der Waals surface area contributed by atoms with Crippen molar-refractivity contribution in [2.75, 3.05) is 39.0 Å². The van der Waals surface area contributed by atoms with Gasteiger partial charge in [0.05, 0.1) is 16.5 Å². The largest absolute Gasteiger partial charge is 0.355 e. The minimum Gasteiger partial charge on any atom is -0.355 e. The molecule has 0 spiro atoms. The van der Waals surface area contributed by atoms with Gasteiger partial charge in [0.25, 0.3) is 0 Å². The molecule has 1 aliphatic heterocycles. The zero-order valence-electron chi connectivity index (χ0n) is 16.3. The van der Waals surface area contributed by atoms with E-state index < -0.39 is 14.6 Å². The molecule has 0 bridgehead atoms. The lowest BCUT2D eigenvalue weighted by atomic mass is 10.2. The minimum absolute atomic E-state index is 0.0949. The minimum atomic E-state index is -3.13. The predicted octanol–water partition coefficient (Wildman–Crippen LogP) is 2.26. The van der Waals surface area contributed by atoms with Crippen molar-refractivity contribution < 1.29 is 8.42 Å². The smallest absolute Gasteiger partial charge is 0.191 e. The van der Waals surface area contributed by atoms with Crippen LogP contribution in [0.2, 0.25) is 0 Å². The summed E-state index contributed by atoms with van der Waals surface area (Å²) in [5.74, 6) is 0.743. The van der Waals surface area contributed by atoms with E-state index in [1.54, 1.807) is 39.2 Å². The molecule has 1 unspecified atom stereocenters. The Kier molecular flexibility index (Phi) is 7.49. The summed E-state index contributed by atoms with van der Waals surface area (Å²) in [5.41, 5.74) is 0. The molecule has 1 atom stereocenters. The number of hydrogen-bond acceptors (Lipinski definition) is 5. The highest BCUT2D eigenvalue weighted by Crippen LogP contribution is 2.27. The standard InChI is InChI=1S/C18H32N4O2S2/c1-18(2,3)26(23,24)13-9-20-17(19-4)21-14-15(16-8-7-12-25-16)22-10-5-6-11-22/h7-8,12,15H,5-6,9-11,13-14H2,1-4H3,(H2,19,20,21). The number of aliphatic imine (C=N–C) groups is 1. The Bertz CT molecular complexity index is 673. The van der Waals surface area contributed by atoms with Gasteiger partial charge in [-0.05, 0) is 58.1 Å². The molecule has 1 aliphatic rings. The van der Waals surface area contributed by atoms with Crippen molar-refractivity contribution in [2.24, 2.45) is 4.99 Å². The summed E-state index contributed by atoms with van der Waals surface area (Å²) in [7, 11) is -1.42. The van der Waals surface area contributed by atoms with Gasteiger partial charge < -0.3 is 10.6 Å². The summed E-state index contributed by atoms with van der Waals surface area (Å²) in [4.78, 5) is 8.10. The first-order valence-corrected chi connectivity index (χ1v) is 11.7. The molecule has 1 aromatic heterocycles. The fourth-order valence-corrected chi connectivity index (χ4v) is 4.81. The molecular weight excluding hydrogens is 368 g/mol. The van der Waals surface area contributed by atoms with Gasteiger partial charge in [0, 0.05) is 25.0 Å². The van der Waals surface area contributed by atoms with Gasteiger partial charge in [-0.15, -0.1) is 11.3 Å². The van der Waals surface area contributed by atoms with E-state index in [2.05, 4.69) is 38.0 Å². The molecule has 0 radical (unpaired) electrons. The third-order valence-electron chi connectivity index (χ3n) is 4.74. The molecule has 26 heavy (non-hydrogen) atoms. The van der Waals surface area contributed by atoms with Crippen molar-refractivity contribution in [1.29, 1.82) is 0 Å². The molecule has 1 saturated heterocycles. The number of hydrogen-bond donors (Lipinski definition) is 2. The van der Waals surface area contributed by atoms with Crippen LogP contribution >= 0.6 is 11.3 Å². The van der Waals surface area contributed by atoms with E-state index in [0.717, 1.165) is 19.6 Å². The number of guanidine groups is 1. The van der Waals surface area contributed by atoms with Gasteiger partial charge >= 0.3 is 0 Å². The third kappa shape index (κ3) is 5.69. The lowest BCUT2D eigenvalue weighted by molar-refractivity contribution is 0.249. The molecular formula is C18H32N4O2S2. The first kappa shape index (κ1) is 21.2. The van der Waals surface area contributed by atoms with Crippen LogP contribution in [-0.2, 0) is 9.84 Å². The lowest BCUT2D eigenvalue weighted by Gasteiger charge is -2.27. The maximum Gasteiger partial charge on any atom is 0.191 e. The molecule has 2 heterocycles. The Morgan fingerprint density at radius 1 is 1.31 bits per heavy atom. The second-order valence-electron chi connectivity index (χ2n) is 7.59. The monoisotopic (exact) mass is 400 g/mol. The number of nitrogens with zero attached hydrogens (tertiary/aromatic N) is 2. The van der Waals surface area contributed by atoms with E-state index in [4.69, 9.17) is 0 Å². The third-order valence-corrected chi connectivity index (χ3v) is 8.32. The molecule has 1 fully saturated rings. The van der Waals surface area contributed by atoms with Gasteiger partial charge in [-0.2, -0.15) is 0 Å². The topological polar surface area (TPSA) is 73.8 Å². The molecule has 2 N–H and O–H groups in total. The van der Waals surface area contributed by atoms with Crippen molar-refractivity contribution in [3.05, 3.63) is 22.4 Å². The summed E-state index contributed by atoms with van der Waals surface area (Å²) in [6.45, 7) is 8.56. The maximum absolute atomic E-state index is 12.2. The Hall–Kier alpha value is -1.12. The van der Waals surface area contributed by atoms with E-state index in [9.17, 15) is 8.42 Å². The summed E-state index contributed by atoms with van der Waals surface area (Å²) in [6.07, 6.45) is 2.50. The van der Waals surface area contributed by atoms with Crippen LogP contribution in [0.4, 0.5) is 0 Å². The van der Waals surface area contributed by atoms with Crippen LogP contribution in [0.1, 0.15) is 44.5 Å². The van der Waals surface area contributed by atoms with Gasteiger partial charge in [-0.25, -0.2) is 8.42 Å². The second-order valence-corrected chi connectivity index (χ2v) is 11.4.